The first-order valence-electron chi connectivity index (χ1n) is 6.01. The smallest absolute Gasteiger partial charge is 0.280 e. The zero-order chi connectivity index (χ0) is 12.7. The Kier molecular flexibility index (Phi) is 2.44. The van der Waals surface area contributed by atoms with Crippen LogP contribution in [0.4, 0.5) is 5.69 Å². The molecule has 4 nitrogen and oxygen atoms in total. The average Bonchev–Trinajstić information content (AvgIpc) is 2.94. The number of hydrogen-bond donors (Lipinski definition) is 0. The summed E-state index contributed by atoms with van der Waals surface area (Å²) in [4.78, 5) is 14.2. The van der Waals surface area contributed by atoms with Crippen LogP contribution in [0, 0.1) is 13.8 Å². The van der Waals surface area contributed by atoms with Crippen molar-refractivity contribution in [3.05, 3.63) is 46.8 Å². The Morgan fingerprint density at radius 2 is 2.11 bits per heavy atom. The van der Waals surface area contributed by atoms with Crippen LogP contribution >= 0.6 is 0 Å². The Morgan fingerprint density at radius 1 is 1.33 bits per heavy atom. The first-order valence-corrected chi connectivity index (χ1v) is 6.01. The second kappa shape index (κ2) is 3.98. The van der Waals surface area contributed by atoms with Gasteiger partial charge in [0, 0.05) is 17.8 Å². The van der Waals surface area contributed by atoms with E-state index in [1.807, 2.05) is 32.0 Å². The molecule has 0 unspecified atom stereocenters. The van der Waals surface area contributed by atoms with Crippen molar-refractivity contribution < 1.29 is 9.32 Å². The molecule has 0 aliphatic carbocycles. The molecule has 92 valence electrons. The van der Waals surface area contributed by atoms with Gasteiger partial charge in [0.25, 0.3) is 5.91 Å². The van der Waals surface area contributed by atoms with E-state index in [0.717, 1.165) is 17.7 Å². The van der Waals surface area contributed by atoms with Crippen LogP contribution < -0.4 is 4.90 Å². The molecular formula is C14H14N2O2. The van der Waals surface area contributed by atoms with Crippen LogP contribution in [0.2, 0.25) is 0 Å². The molecule has 2 heterocycles. The molecule has 0 saturated heterocycles. The number of anilines is 1. The zero-order valence-electron chi connectivity index (χ0n) is 10.4. The summed E-state index contributed by atoms with van der Waals surface area (Å²) in [5, 5.41) is 3.87. The largest absolute Gasteiger partial charge is 0.361 e. The summed E-state index contributed by atoms with van der Waals surface area (Å²) >= 11 is 0. The Labute approximate surface area is 105 Å². The second-order valence-corrected chi connectivity index (χ2v) is 4.55. The van der Waals surface area contributed by atoms with Gasteiger partial charge in [-0.3, -0.25) is 4.79 Å². The first-order chi connectivity index (χ1) is 8.68. The Bertz CT molecular complexity index is 616. The third kappa shape index (κ3) is 1.53. The zero-order valence-corrected chi connectivity index (χ0v) is 10.4. The van der Waals surface area contributed by atoms with Crippen molar-refractivity contribution in [1.29, 1.82) is 0 Å². The molecule has 0 bridgehead atoms. The summed E-state index contributed by atoms with van der Waals surface area (Å²) < 4.78 is 5.07. The van der Waals surface area contributed by atoms with Gasteiger partial charge < -0.3 is 9.42 Å². The van der Waals surface area contributed by atoms with Crippen molar-refractivity contribution >= 4 is 11.6 Å². The molecule has 0 saturated carbocycles. The maximum absolute atomic E-state index is 12.4. The summed E-state index contributed by atoms with van der Waals surface area (Å²) in [5.41, 5.74) is 3.44. The van der Waals surface area contributed by atoms with Crippen molar-refractivity contribution in [2.75, 3.05) is 11.4 Å². The number of carbonyl (C=O) groups is 1. The van der Waals surface area contributed by atoms with Crippen molar-refractivity contribution in [3.63, 3.8) is 0 Å². The van der Waals surface area contributed by atoms with Crippen molar-refractivity contribution in [1.82, 2.24) is 5.16 Å². The maximum Gasteiger partial charge on any atom is 0.280 e. The number of amides is 1. The molecule has 1 amide bonds. The highest BCUT2D eigenvalue weighted by Gasteiger charge is 2.28. The third-order valence-electron chi connectivity index (χ3n) is 3.49. The van der Waals surface area contributed by atoms with E-state index in [2.05, 4.69) is 11.2 Å². The summed E-state index contributed by atoms with van der Waals surface area (Å²) in [6.45, 7) is 4.39. The van der Waals surface area contributed by atoms with Crippen molar-refractivity contribution in [2.45, 2.75) is 20.3 Å². The lowest BCUT2D eigenvalue weighted by Gasteiger charge is -2.15. The molecule has 1 aromatic heterocycles. The van der Waals surface area contributed by atoms with E-state index in [1.165, 1.54) is 5.56 Å². The van der Waals surface area contributed by atoms with E-state index in [1.54, 1.807) is 4.90 Å². The van der Waals surface area contributed by atoms with Gasteiger partial charge in [0.2, 0.25) is 0 Å². The number of aromatic nitrogens is 1. The van der Waals surface area contributed by atoms with Crippen LogP contribution in [0.15, 0.2) is 28.8 Å². The van der Waals surface area contributed by atoms with Gasteiger partial charge in [0.15, 0.2) is 5.69 Å². The lowest BCUT2D eigenvalue weighted by molar-refractivity contribution is 0.0980. The minimum Gasteiger partial charge on any atom is -0.361 e. The Balaban J connectivity index is 1.98. The van der Waals surface area contributed by atoms with Gasteiger partial charge in [0.05, 0.1) is 0 Å². The maximum atomic E-state index is 12.4. The number of benzene rings is 1. The van der Waals surface area contributed by atoms with Gasteiger partial charge in [-0.2, -0.15) is 0 Å². The molecule has 3 rings (SSSR count). The fourth-order valence-corrected chi connectivity index (χ4v) is 2.29. The highest BCUT2D eigenvalue weighted by atomic mass is 16.5. The highest BCUT2D eigenvalue weighted by molar-refractivity contribution is 6.06. The average molecular weight is 242 g/mol. The van der Waals surface area contributed by atoms with Gasteiger partial charge >= 0.3 is 0 Å². The second-order valence-electron chi connectivity index (χ2n) is 4.55. The van der Waals surface area contributed by atoms with Crippen LogP contribution in [-0.4, -0.2) is 17.6 Å². The molecule has 0 radical (unpaired) electrons. The number of hydrogen-bond acceptors (Lipinski definition) is 3. The van der Waals surface area contributed by atoms with E-state index in [4.69, 9.17) is 4.52 Å². The quantitative estimate of drug-likeness (QED) is 0.771. The summed E-state index contributed by atoms with van der Waals surface area (Å²) in [6, 6.07) is 7.98. The van der Waals surface area contributed by atoms with E-state index < -0.39 is 0 Å². The first kappa shape index (κ1) is 11.0. The number of nitrogens with zero attached hydrogens (tertiary/aromatic N) is 2. The normalized spacial score (nSPS) is 13.8. The van der Waals surface area contributed by atoms with E-state index in [9.17, 15) is 4.79 Å². The molecule has 2 aromatic rings. The summed E-state index contributed by atoms with van der Waals surface area (Å²) in [6.07, 6.45) is 0.901. The molecule has 18 heavy (non-hydrogen) atoms. The van der Waals surface area contributed by atoms with E-state index in [0.29, 0.717) is 18.0 Å². The monoisotopic (exact) mass is 242 g/mol. The Hall–Kier alpha value is -2.10. The predicted molar refractivity (Wildman–Crippen MR) is 67.8 cm³/mol. The van der Waals surface area contributed by atoms with Gasteiger partial charge in [-0.15, -0.1) is 0 Å². The number of para-hydroxylation sites is 1. The fourth-order valence-electron chi connectivity index (χ4n) is 2.29. The molecule has 1 aromatic carbocycles. The molecule has 4 heteroatoms. The fraction of sp³-hybridized carbons (Fsp3) is 0.286. The predicted octanol–water partition coefficient (Wildman–Crippen LogP) is 2.49. The molecule has 1 aliphatic rings. The van der Waals surface area contributed by atoms with Gasteiger partial charge in [0.1, 0.15) is 5.76 Å². The standard InChI is InChI=1S/C14H14N2O2/c1-9-10(2)18-15-13(9)14(17)16-8-7-11-5-3-4-6-12(11)16/h3-6H,7-8H2,1-2H3. The molecule has 0 spiro atoms. The van der Waals surface area contributed by atoms with Gasteiger partial charge in [-0.25, -0.2) is 0 Å². The minimum absolute atomic E-state index is 0.0747. The van der Waals surface area contributed by atoms with E-state index in [-0.39, 0.29) is 5.91 Å². The molecule has 1 aliphatic heterocycles. The number of fused-ring (bicyclic) bond motifs is 1. The SMILES string of the molecule is Cc1onc(C(=O)N2CCc3ccccc32)c1C. The third-order valence-corrected chi connectivity index (χ3v) is 3.49. The molecule has 0 N–H and O–H groups in total. The lowest BCUT2D eigenvalue weighted by Crippen LogP contribution is -2.29. The van der Waals surface area contributed by atoms with Crippen LogP contribution in [0.5, 0.6) is 0 Å². The van der Waals surface area contributed by atoms with Crippen LogP contribution in [0.25, 0.3) is 0 Å². The molecule has 0 atom stereocenters. The van der Waals surface area contributed by atoms with E-state index >= 15 is 0 Å². The van der Waals surface area contributed by atoms with Crippen LogP contribution in [0.3, 0.4) is 0 Å². The summed E-state index contributed by atoms with van der Waals surface area (Å²) in [7, 11) is 0. The van der Waals surface area contributed by atoms with Crippen LogP contribution in [-0.2, 0) is 6.42 Å². The van der Waals surface area contributed by atoms with Gasteiger partial charge in [-0.1, -0.05) is 23.4 Å². The number of carbonyl (C=O) groups excluding carboxylic acids is 1. The molecule has 0 fully saturated rings. The minimum atomic E-state index is -0.0747. The summed E-state index contributed by atoms with van der Waals surface area (Å²) in [5.74, 6) is 0.625. The van der Waals surface area contributed by atoms with Gasteiger partial charge in [-0.05, 0) is 31.9 Å². The van der Waals surface area contributed by atoms with Crippen LogP contribution in [0.1, 0.15) is 27.4 Å². The Morgan fingerprint density at radius 3 is 2.83 bits per heavy atom. The lowest BCUT2D eigenvalue weighted by atomic mass is 10.1. The number of rotatable bonds is 1. The highest BCUT2D eigenvalue weighted by Crippen LogP contribution is 2.29. The topological polar surface area (TPSA) is 46.3 Å². The van der Waals surface area contributed by atoms with Crippen molar-refractivity contribution in [3.8, 4) is 0 Å². The molecular weight excluding hydrogens is 228 g/mol. The van der Waals surface area contributed by atoms with Crippen molar-refractivity contribution in [2.24, 2.45) is 0 Å². The number of aryl methyl sites for hydroxylation is 1.